The van der Waals surface area contributed by atoms with Crippen molar-refractivity contribution in [2.75, 3.05) is 0 Å². The SMILES string of the molecule is Cc1ccc(-c2nc(SCc3nnnn3-c3ccccc3)n[nH]2)cc1. The number of aromatic amines is 1. The first kappa shape index (κ1) is 15.5. The normalized spacial score (nSPS) is 10.9. The molecule has 0 aliphatic carbocycles. The van der Waals surface area contributed by atoms with Crippen LogP contribution in [0.2, 0.25) is 0 Å². The fraction of sp³-hybridized carbons (Fsp3) is 0.118. The number of nitrogens with zero attached hydrogens (tertiary/aromatic N) is 6. The Morgan fingerprint density at radius 3 is 2.64 bits per heavy atom. The lowest BCUT2D eigenvalue weighted by Gasteiger charge is -2.02. The summed E-state index contributed by atoms with van der Waals surface area (Å²) in [6.07, 6.45) is 0. The van der Waals surface area contributed by atoms with E-state index >= 15 is 0 Å². The summed E-state index contributed by atoms with van der Waals surface area (Å²) >= 11 is 1.49. The van der Waals surface area contributed by atoms with Crippen LogP contribution in [-0.2, 0) is 5.75 Å². The van der Waals surface area contributed by atoms with Gasteiger partial charge >= 0.3 is 0 Å². The molecule has 0 atom stereocenters. The zero-order valence-corrected chi connectivity index (χ0v) is 14.3. The van der Waals surface area contributed by atoms with Crippen LogP contribution in [0.25, 0.3) is 17.1 Å². The van der Waals surface area contributed by atoms with Gasteiger partial charge in [-0.2, -0.15) is 4.68 Å². The van der Waals surface area contributed by atoms with Gasteiger partial charge in [0.2, 0.25) is 5.16 Å². The number of nitrogens with one attached hydrogen (secondary N) is 1. The fourth-order valence-electron chi connectivity index (χ4n) is 2.35. The number of hydrogen-bond acceptors (Lipinski definition) is 6. The molecule has 8 heteroatoms. The van der Waals surface area contributed by atoms with Crippen molar-refractivity contribution in [3.63, 3.8) is 0 Å². The van der Waals surface area contributed by atoms with E-state index < -0.39 is 0 Å². The largest absolute Gasteiger partial charge is 0.258 e. The van der Waals surface area contributed by atoms with Crippen LogP contribution < -0.4 is 0 Å². The molecular weight excluding hydrogens is 334 g/mol. The van der Waals surface area contributed by atoms with Crippen LogP contribution in [0.4, 0.5) is 0 Å². The molecule has 7 nitrogen and oxygen atoms in total. The van der Waals surface area contributed by atoms with Gasteiger partial charge in [0.15, 0.2) is 11.6 Å². The molecule has 2 aromatic heterocycles. The third-order valence-corrected chi connectivity index (χ3v) is 4.50. The Morgan fingerprint density at radius 2 is 1.84 bits per heavy atom. The lowest BCUT2D eigenvalue weighted by molar-refractivity contribution is 0.777. The molecule has 0 radical (unpaired) electrons. The topological polar surface area (TPSA) is 85.2 Å². The Hall–Kier alpha value is -3.00. The Morgan fingerprint density at radius 1 is 1.04 bits per heavy atom. The smallest absolute Gasteiger partial charge is 0.209 e. The van der Waals surface area contributed by atoms with Crippen molar-refractivity contribution in [1.82, 2.24) is 35.4 Å². The van der Waals surface area contributed by atoms with Crippen molar-refractivity contribution in [2.24, 2.45) is 0 Å². The molecule has 0 amide bonds. The molecule has 25 heavy (non-hydrogen) atoms. The van der Waals surface area contributed by atoms with Crippen LogP contribution in [0.3, 0.4) is 0 Å². The molecule has 0 aliphatic rings. The summed E-state index contributed by atoms with van der Waals surface area (Å²) in [5.74, 6) is 2.08. The van der Waals surface area contributed by atoms with Gasteiger partial charge in [0.05, 0.1) is 11.4 Å². The number of para-hydroxylation sites is 1. The van der Waals surface area contributed by atoms with Gasteiger partial charge in [-0.3, -0.25) is 5.10 Å². The summed E-state index contributed by atoms with van der Waals surface area (Å²) in [6, 6.07) is 18.0. The van der Waals surface area contributed by atoms with Crippen LogP contribution in [0.1, 0.15) is 11.4 Å². The minimum Gasteiger partial charge on any atom is -0.258 e. The van der Waals surface area contributed by atoms with Crippen molar-refractivity contribution in [3.8, 4) is 17.1 Å². The second-order valence-electron chi connectivity index (χ2n) is 5.46. The molecule has 0 bridgehead atoms. The third kappa shape index (κ3) is 3.43. The van der Waals surface area contributed by atoms with Crippen molar-refractivity contribution in [1.29, 1.82) is 0 Å². The average molecular weight is 349 g/mol. The van der Waals surface area contributed by atoms with E-state index in [9.17, 15) is 0 Å². The lowest BCUT2D eigenvalue weighted by atomic mass is 10.1. The average Bonchev–Trinajstić information content (AvgIpc) is 3.31. The number of rotatable bonds is 5. The summed E-state index contributed by atoms with van der Waals surface area (Å²) in [7, 11) is 0. The summed E-state index contributed by atoms with van der Waals surface area (Å²) in [5.41, 5.74) is 3.16. The molecule has 2 heterocycles. The highest BCUT2D eigenvalue weighted by atomic mass is 32.2. The molecule has 4 aromatic rings. The minimum absolute atomic E-state index is 0.576. The number of aromatic nitrogens is 7. The van der Waals surface area contributed by atoms with Crippen LogP contribution in [0.15, 0.2) is 59.8 Å². The standard InChI is InChI=1S/C17H15N7S/c1-12-7-9-13(10-8-12)16-18-17(21-20-16)25-11-15-19-22-23-24(15)14-5-3-2-4-6-14/h2-10H,11H2,1H3,(H,18,20,21). The van der Waals surface area contributed by atoms with Crippen molar-refractivity contribution in [2.45, 2.75) is 17.8 Å². The van der Waals surface area contributed by atoms with Crippen LogP contribution in [0.5, 0.6) is 0 Å². The van der Waals surface area contributed by atoms with Gasteiger partial charge in [-0.05, 0) is 29.5 Å². The molecule has 124 valence electrons. The van der Waals surface area contributed by atoms with E-state index in [2.05, 4.69) is 49.8 Å². The molecule has 2 aromatic carbocycles. The number of H-pyrrole nitrogens is 1. The molecule has 0 saturated carbocycles. The van der Waals surface area contributed by atoms with Crippen LogP contribution in [0, 0.1) is 6.92 Å². The lowest BCUT2D eigenvalue weighted by Crippen LogP contribution is -2.01. The van der Waals surface area contributed by atoms with Crippen molar-refractivity contribution in [3.05, 3.63) is 66.0 Å². The van der Waals surface area contributed by atoms with Gasteiger partial charge in [0, 0.05) is 5.56 Å². The molecule has 1 N–H and O–H groups in total. The number of tetrazole rings is 1. The van der Waals surface area contributed by atoms with E-state index in [0.717, 1.165) is 22.9 Å². The molecule has 0 aliphatic heterocycles. The minimum atomic E-state index is 0.576. The van der Waals surface area contributed by atoms with Gasteiger partial charge in [-0.1, -0.05) is 59.8 Å². The fourth-order valence-corrected chi connectivity index (χ4v) is 3.05. The summed E-state index contributed by atoms with van der Waals surface area (Å²) in [5, 5.41) is 19.8. The summed E-state index contributed by atoms with van der Waals surface area (Å²) in [4.78, 5) is 4.53. The first-order valence-corrected chi connectivity index (χ1v) is 8.73. The summed E-state index contributed by atoms with van der Waals surface area (Å²) < 4.78 is 1.72. The number of hydrogen-bond donors (Lipinski definition) is 1. The number of thioether (sulfide) groups is 1. The maximum Gasteiger partial charge on any atom is 0.209 e. The molecule has 4 rings (SSSR count). The Kier molecular flexibility index (Phi) is 4.26. The van der Waals surface area contributed by atoms with Crippen LogP contribution in [-0.4, -0.2) is 35.4 Å². The van der Waals surface area contributed by atoms with E-state index in [-0.39, 0.29) is 0 Å². The third-order valence-electron chi connectivity index (χ3n) is 3.66. The highest BCUT2D eigenvalue weighted by Gasteiger charge is 2.11. The first-order chi connectivity index (χ1) is 12.3. The predicted molar refractivity (Wildman–Crippen MR) is 95.3 cm³/mol. The number of benzene rings is 2. The zero-order valence-electron chi connectivity index (χ0n) is 13.5. The Bertz CT molecular complexity index is 960. The maximum absolute atomic E-state index is 4.53. The molecule has 0 saturated heterocycles. The second-order valence-corrected chi connectivity index (χ2v) is 6.41. The maximum atomic E-state index is 4.53. The highest BCUT2D eigenvalue weighted by molar-refractivity contribution is 7.98. The number of aryl methyl sites for hydroxylation is 1. The van der Waals surface area contributed by atoms with E-state index in [1.807, 2.05) is 42.5 Å². The predicted octanol–water partition coefficient (Wildman–Crippen LogP) is 3.05. The van der Waals surface area contributed by atoms with E-state index in [1.165, 1.54) is 17.3 Å². The van der Waals surface area contributed by atoms with E-state index in [1.54, 1.807) is 4.68 Å². The zero-order chi connectivity index (χ0) is 17.1. The van der Waals surface area contributed by atoms with Gasteiger partial charge < -0.3 is 0 Å². The van der Waals surface area contributed by atoms with Crippen molar-refractivity contribution < 1.29 is 0 Å². The van der Waals surface area contributed by atoms with Gasteiger partial charge in [-0.15, -0.1) is 10.2 Å². The van der Waals surface area contributed by atoms with Crippen molar-refractivity contribution >= 4 is 11.8 Å². The monoisotopic (exact) mass is 349 g/mol. The molecule has 0 spiro atoms. The molecule has 0 unspecified atom stereocenters. The first-order valence-electron chi connectivity index (χ1n) is 7.74. The van der Waals surface area contributed by atoms with Gasteiger partial charge in [-0.25, -0.2) is 4.98 Å². The quantitative estimate of drug-likeness (QED) is 0.557. The second kappa shape index (κ2) is 6.86. The van der Waals surface area contributed by atoms with E-state index in [4.69, 9.17) is 0 Å². The van der Waals surface area contributed by atoms with E-state index in [0.29, 0.717) is 10.9 Å². The Balaban J connectivity index is 1.48. The molecule has 0 fully saturated rings. The van der Waals surface area contributed by atoms with Gasteiger partial charge in [0.1, 0.15) is 0 Å². The Labute approximate surface area is 148 Å². The van der Waals surface area contributed by atoms with Gasteiger partial charge in [0.25, 0.3) is 0 Å². The molecular formula is C17H15N7S. The summed E-state index contributed by atoms with van der Waals surface area (Å²) in [6.45, 7) is 2.06. The highest BCUT2D eigenvalue weighted by Crippen LogP contribution is 2.22. The van der Waals surface area contributed by atoms with Crippen LogP contribution >= 0.6 is 11.8 Å².